The molecule has 1 aromatic rings. The summed E-state index contributed by atoms with van der Waals surface area (Å²) < 4.78 is 0. The minimum Gasteiger partial charge on any atom is -0.480 e. The molecule has 1 rings (SSSR count). The van der Waals surface area contributed by atoms with Crippen LogP contribution in [-0.4, -0.2) is 23.0 Å². The zero-order valence-electron chi connectivity index (χ0n) is 11.2. The standard InChI is InChI=1S/C14H20N2O3/c1-9(2)7-12(14(18)19)16-8-10-5-3-4-6-11(10)13(15)17/h3-6,9,12,16H,7-8H2,1-2H3,(H2,15,17)(H,18,19). The van der Waals surface area contributed by atoms with E-state index in [1.54, 1.807) is 24.3 Å². The molecule has 0 bridgehead atoms. The monoisotopic (exact) mass is 264 g/mol. The Kier molecular flexibility index (Phi) is 5.51. The highest BCUT2D eigenvalue weighted by Crippen LogP contribution is 2.10. The van der Waals surface area contributed by atoms with E-state index in [4.69, 9.17) is 10.8 Å². The maximum Gasteiger partial charge on any atom is 0.320 e. The molecule has 0 fully saturated rings. The molecule has 0 saturated carbocycles. The van der Waals surface area contributed by atoms with Crippen molar-refractivity contribution in [2.24, 2.45) is 11.7 Å². The molecule has 0 aliphatic heterocycles. The SMILES string of the molecule is CC(C)CC(NCc1ccccc1C(N)=O)C(=O)O. The fourth-order valence-corrected chi connectivity index (χ4v) is 1.89. The summed E-state index contributed by atoms with van der Waals surface area (Å²) in [6.07, 6.45) is 0.536. The lowest BCUT2D eigenvalue weighted by Crippen LogP contribution is -2.37. The van der Waals surface area contributed by atoms with Crippen LogP contribution in [0.5, 0.6) is 0 Å². The van der Waals surface area contributed by atoms with Gasteiger partial charge in [0.1, 0.15) is 6.04 Å². The average Bonchev–Trinajstić information content (AvgIpc) is 2.34. The normalized spacial score (nSPS) is 12.4. The highest BCUT2D eigenvalue weighted by Gasteiger charge is 2.18. The molecule has 0 aliphatic rings. The third kappa shape index (κ3) is 4.71. The molecule has 0 spiro atoms. The lowest BCUT2D eigenvalue weighted by Gasteiger charge is -2.17. The average molecular weight is 264 g/mol. The van der Waals surface area contributed by atoms with Crippen LogP contribution in [0.3, 0.4) is 0 Å². The van der Waals surface area contributed by atoms with Crippen molar-refractivity contribution in [2.45, 2.75) is 32.9 Å². The number of rotatable bonds is 7. The Hall–Kier alpha value is -1.88. The van der Waals surface area contributed by atoms with E-state index >= 15 is 0 Å². The molecular weight excluding hydrogens is 244 g/mol. The highest BCUT2D eigenvalue weighted by atomic mass is 16.4. The van der Waals surface area contributed by atoms with Crippen molar-refractivity contribution in [3.63, 3.8) is 0 Å². The van der Waals surface area contributed by atoms with Gasteiger partial charge in [0.05, 0.1) is 0 Å². The van der Waals surface area contributed by atoms with Gasteiger partial charge < -0.3 is 16.2 Å². The second-order valence-corrected chi connectivity index (χ2v) is 4.92. The highest BCUT2D eigenvalue weighted by molar-refractivity contribution is 5.94. The summed E-state index contributed by atoms with van der Waals surface area (Å²) in [5, 5.41) is 12.1. The number of carbonyl (C=O) groups is 2. The molecule has 0 saturated heterocycles. The molecule has 1 aromatic carbocycles. The Bertz CT molecular complexity index is 458. The van der Waals surface area contributed by atoms with Crippen LogP contribution in [0.15, 0.2) is 24.3 Å². The molecule has 4 N–H and O–H groups in total. The van der Waals surface area contributed by atoms with Crippen molar-refractivity contribution in [2.75, 3.05) is 0 Å². The molecule has 1 amide bonds. The minimum atomic E-state index is -0.884. The summed E-state index contributed by atoms with van der Waals surface area (Å²) in [6, 6.07) is 6.30. The molecule has 0 radical (unpaired) electrons. The number of aliphatic carboxylic acids is 1. The van der Waals surface area contributed by atoms with Crippen LogP contribution in [0.1, 0.15) is 36.2 Å². The molecular formula is C14H20N2O3. The van der Waals surface area contributed by atoms with Gasteiger partial charge in [0.25, 0.3) is 0 Å². The number of carbonyl (C=O) groups excluding carboxylic acids is 1. The minimum absolute atomic E-state index is 0.278. The van der Waals surface area contributed by atoms with Gasteiger partial charge in [-0.25, -0.2) is 0 Å². The van der Waals surface area contributed by atoms with Gasteiger partial charge in [0, 0.05) is 12.1 Å². The van der Waals surface area contributed by atoms with Gasteiger partial charge in [-0.05, 0) is 24.0 Å². The number of benzene rings is 1. The number of carboxylic acids is 1. The molecule has 19 heavy (non-hydrogen) atoms. The second kappa shape index (κ2) is 6.89. The number of primary amides is 1. The summed E-state index contributed by atoms with van der Waals surface area (Å²) in [4.78, 5) is 22.4. The van der Waals surface area contributed by atoms with Crippen molar-refractivity contribution in [3.05, 3.63) is 35.4 Å². The van der Waals surface area contributed by atoms with E-state index in [1.807, 2.05) is 13.8 Å². The fourth-order valence-electron chi connectivity index (χ4n) is 1.89. The topological polar surface area (TPSA) is 92.4 Å². The zero-order chi connectivity index (χ0) is 14.4. The first kappa shape index (κ1) is 15.2. The molecule has 5 heteroatoms. The van der Waals surface area contributed by atoms with Crippen molar-refractivity contribution in [1.29, 1.82) is 0 Å². The summed E-state index contributed by atoms with van der Waals surface area (Å²) in [5.74, 6) is -1.11. The van der Waals surface area contributed by atoms with Crippen molar-refractivity contribution < 1.29 is 14.7 Å². The first-order chi connectivity index (χ1) is 8.91. The zero-order valence-corrected chi connectivity index (χ0v) is 11.2. The van der Waals surface area contributed by atoms with Gasteiger partial charge in [-0.15, -0.1) is 0 Å². The third-order valence-electron chi connectivity index (χ3n) is 2.83. The quantitative estimate of drug-likeness (QED) is 0.693. The largest absolute Gasteiger partial charge is 0.480 e. The molecule has 0 aromatic heterocycles. The number of carboxylic acid groups (broad SMARTS) is 1. The van der Waals surface area contributed by atoms with Gasteiger partial charge in [0.2, 0.25) is 5.91 Å². The number of hydrogen-bond donors (Lipinski definition) is 3. The lowest BCUT2D eigenvalue weighted by atomic mass is 10.0. The Labute approximate surface area is 112 Å². The van der Waals surface area contributed by atoms with Crippen LogP contribution in [-0.2, 0) is 11.3 Å². The van der Waals surface area contributed by atoms with E-state index in [9.17, 15) is 9.59 Å². The van der Waals surface area contributed by atoms with Crippen LogP contribution in [0.25, 0.3) is 0 Å². The van der Waals surface area contributed by atoms with E-state index in [2.05, 4.69) is 5.32 Å². The summed E-state index contributed by atoms with van der Waals surface area (Å²) in [6.45, 7) is 4.24. The van der Waals surface area contributed by atoms with Gasteiger partial charge in [-0.1, -0.05) is 32.0 Å². The van der Waals surface area contributed by atoms with E-state index in [0.29, 0.717) is 24.1 Å². The molecule has 0 heterocycles. The molecule has 5 nitrogen and oxygen atoms in total. The van der Waals surface area contributed by atoms with Gasteiger partial charge >= 0.3 is 5.97 Å². The Morgan fingerprint density at radius 2 is 1.95 bits per heavy atom. The van der Waals surface area contributed by atoms with E-state index in [-0.39, 0.29) is 5.92 Å². The summed E-state index contributed by atoms with van der Waals surface area (Å²) >= 11 is 0. The van der Waals surface area contributed by atoms with Crippen LogP contribution in [0.4, 0.5) is 0 Å². The van der Waals surface area contributed by atoms with E-state index in [1.165, 1.54) is 0 Å². The molecule has 104 valence electrons. The maximum atomic E-state index is 11.3. The van der Waals surface area contributed by atoms with Gasteiger partial charge in [0.15, 0.2) is 0 Å². The number of amides is 1. The molecule has 1 unspecified atom stereocenters. The lowest BCUT2D eigenvalue weighted by molar-refractivity contribution is -0.140. The predicted molar refractivity (Wildman–Crippen MR) is 72.7 cm³/mol. The third-order valence-corrected chi connectivity index (χ3v) is 2.83. The summed E-state index contributed by atoms with van der Waals surface area (Å²) in [5.41, 5.74) is 6.41. The fraction of sp³-hybridized carbons (Fsp3) is 0.429. The van der Waals surface area contributed by atoms with Crippen LogP contribution < -0.4 is 11.1 Å². The van der Waals surface area contributed by atoms with E-state index in [0.717, 1.165) is 0 Å². The van der Waals surface area contributed by atoms with Gasteiger partial charge in [-0.2, -0.15) is 0 Å². The first-order valence-electron chi connectivity index (χ1n) is 6.25. The first-order valence-corrected chi connectivity index (χ1v) is 6.25. The predicted octanol–water partition coefficient (Wildman–Crippen LogP) is 1.37. The van der Waals surface area contributed by atoms with Crippen molar-refractivity contribution in [1.82, 2.24) is 5.32 Å². The maximum absolute atomic E-state index is 11.3. The van der Waals surface area contributed by atoms with Crippen LogP contribution in [0.2, 0.25) is 0 Å². The Morgan fingerprint density at radius 1 is 1.32 bits per heavy atom. The Morgan fingerprint density at radius 3 is 2.47 bits per heavy atom. The van der Waals surface area contributed by atoms with Crippen molar-refractivity contribution in [3.8, 4) is 0 Å². The second-order valence-electron chi connectivity index (χ2n) is 4.92. The Balaban J connectivity index is 2.74. The van der Waals surface area contributed by atoms with E-state index < -0.39 is 17.9 Å². The number of nitrogens with two attached hydrogens (primary N) is 1. The number of hydrogen-bond acceptors (Lipinski definition) is 3. The van der Waals surface area contributed by atoms with Crippen LogP contribution >= 0.6 is 0 Å². The van der Waals surface area contributed by atoms with Gasteiger partial charge in [-0.3, -0.25) is 9.59 Å². The van der Waals surface area contributed by atoms with Crippen LogP contribution in [0, 0.1) is 5.92 Å². The number of nitrogens with one attached hydrogen (secondary N) is 1. The summed E-state index contributed by atoms with van der Waals surface area (Å²) in [7, 11) is 0. The molecule has 0 aliphatic carbocycles. The molecule has 1 atom stereocenters. The smallest absolute Gasteiger partial charge is 0.320 e. The van der Waals surface area contributed by atoms with Crippen molar-refractivity contribution >= 4 is 11.9 Å².